The Morgan fingerprint density at radius 2 is 1.70 bits per heavy atom. The van der Waals surface area contributed by atoms with Gasteiger partial charge in [0, 0.05) is 34.2 Å². The lowest BCUT2D eigenvalue weighted by Gasteiger charge is -2.26. The first-order valence-corrected chi connectivity index (χ1v) is 7.54. The first kappa shape index (κ1) is 18.8. The predicted molar refractivity (Wildman–Crippen MR) is 74.1 cm³/mol. The number of amides is 1. The van der Waals surface area contributed by atoms with Crippen molar-refractivity contribution in [1.82, 2.24) is 13.5 Å². The third kappa shape index (κ3) is 5.43. The molecule has 0 aromatic heterocycles. The molecule has 20 heavy (non-hydrogen) atoms. The minimum absolute atomic E-state index is 0.00165. The molecule has 0 saturated carbocycles. The number of carbonyl (C=O) groups excluding carboxylic acids is 2. The quantitative estimate of drug-likeness (QED) is 0.544. The topological polar surface area (TPSA) is 87.2 Å². The standard InChI is InChI=1S/C11H23N3O5S/c1-6-14(9-10(15)12(2)3)20(17,18)13(4)8-7-11(16)19-5/h6-9H2,1-5H3. The third-order valence-corrected chi connectivity index (χ3v) is 4.75. The van der Waals surface area contributed by atoms with E-state index in [9.17, 15) is 18.0 Å². The van der Waals surface area contributed by atoms with E-state index in [0.29, 0.717) is 0 Å². The van der Waals surface area contributed by atoms with Gasteiger partial charge in [-0.05, 0) is 0 Å². The average Bonchev–Trinajstić information content (AvgIpc) is 2.40. The first-order chi connectivity index (χ1) is 9.16. The molecule has 9 heteroatoms. The van der Waals surface area contributed by atoms with E-state index < -0.39 is 16.2 Å². The molecule has 0 aliphatic carbocycles. The van der Waals surface area contributed by atoms with Gasteiger partial charge in [0.1, 0.15) is 0 Å². The molecule has 0 N–H and O–H groups in total. The van der Waals surface area contributed by atoms with Gasteiger partial charge in [0.15, 0.2) is 0 Å². The van der Waals surface area contributed by atoms with Crippen LogP contribution in [-0.4, -0.2) is 81.7 Å². The Labute approximate surface area is 120 Å². The van der Waals surface area contributed by atoms with Crippen molar-refractivity contribution in [1.29, 1.82) is 0 Å². The van der Waals surface area contributed by atoms with Gasteiger partial charge in [-0.3, -0.25) is 9.59 Å². The minimum Gasteiger partial charge on any atom is -0.469 e. The molecule has 0 bridgehead atoms. The summed E-state index contributed by atoms with van der Waals surface area (Å²) in [5, 5.41) is 0. The molecule has 0 fully saturated rings. The highest BCUT2D eigenvalue weighted by molar-refractivity contribution is 7.86. The van der Waals surface area contributed by atoms with E-state index in [2.05, 4.69) is 4.74 Å². The maximum Gasteiger partial charge on any atom is 0.306 e. The lowest BCUT2D eigenvalue weighted by molar-refractivity contribution is -0.140. The Kier molecular flexibility index (Phi) is 7.69. The van der Waals surface area contributed by atoms with Crippen molar-refractivity contribution in [2.45, 2.75) is 13.3 Å². The van der Waals surface area contributed by atoms with Crippen LogP contribution in [-0.2, 0) is 24.5 Å². The number of rotatable bonds is 8. The van der Waals surface area contributed by atoms with Gasteiger partial charge in [-0.25, -0.2) is 0 Å². The molecule has 0 atom stereocenters. The number of hydrogen-bond acceptors (Lipinski definition) is 5. The molecule has 118 valence electrons. The fourth-order valence-corrected chi connectivity index (χ4v) is 2.63. The molecule has 8 nitrogen and oxygen atoms in total. The van der Waals surface area contributed by atoms with Crippen molar-refractivity contribution in [3.05, 3.63) is 0 Å². The molecule has 0 rings (SSSR count). The second-order valence-corrected chi connectivity index (χ2v) is 6.41. The summed E-state index contributed by atoms with van der Waals surface area (Å²) in [5.74, 6) is -0.795. The van der Waals surface area contributed by atoms with E-state index in [1.54, 1.807) is 21.0 Å². The zero-order valence-corrected chi connectivity index (χ0v) is 13.4. The summed E-state index contributed by atoms with van der Waals surface area (Å²) >= 11 is 0. The highest BCUT2D eigenvalue weighted by atomic mass is 32.2. The molecule has 0 saturated heterocycles. The highest BCUT2D eigenvalue weighted by Crippen LogP contribution is 2.07. The van der Waals surface area contributed by atoms with Crippen LogP contribution in [0.3, 0.4) is 0 Å². The first-order valence-electron chi connectivity index (χ1n) is 6.15. The average molecular weight is 309 g/mol. The molecular weight excluding hydrogens is 286 g/mol. The van der Waals surface area contributed by atoms with Crippen LogP contribution in [0.15, 0.2) is 0 Å². The largest absolute Gasteiger partial charge is 0.469 e. The summed E-state index contributed by atoms with van der Waals surface area (Å²) < 4.78 is 31.1. The van der Waals surface area contributed by atoms with Crippen LogP contribution in [0.25, 0.3) is 0 Å². The number of esters is 1. The van der Waals surface area contributed by atoms with Crippen molar-refractivity contribution in [2.75, 3.05) is 47.9 Å². The lowest BCUT2D eigenvalue weighted by Crippen LogP contribution is -2.46. The van der Waals surface area contributed by atoms with Crippen molar-refractivity contribution in [2.24, 2.45) is 0 Å². The van der Waals surface area contributed by atoms with Gasteiger partial charge >= 0.3 is 5.97 Å². The van der Waals surface area contributed by atoms with Crippen molar-refractivity contribution >= 4 is 22.1 Å². The van der Waals surface area contributed by atoms with Gasteiger partial charge in [-0.1, -0.05) is 6.92 Å². The molecular formula is C11H23N3O5S. The van der Waals surface area contributed by atoms with Gasteiger partial charge < -0.3 is 9.64 Å². The molecule has 1 amide bonds. The second kappa shape index (κ2) is 8.18. The predicted octanol–water partition coefficient (Wildman–Crippen LogP) is -0.864. The van der Waals surface area contributed by atoms with Crippen LogP contribution >= 0.6 is 0 Å². The normalized spacial score (nSPS) is 11.8. The Morgan fingerprint density at radius 3 is 2.10 bits per heavy atom. The summed E-state index contributed by atoms with van der Waals surface area (Å²) in [4.78, 5) is 24.0. The molecule has 0 aromatic rings. The Bertz CT molecular complexity index is 435. The zero-order valence-electron chi connectivity index (χ0n) is 12.6. The summed E-state index contributed by atoms with van der Waals surface area (Å²) in [6, 6.07) is 0. The van der Waals surface area contributed by atoms with Crippen LogP contribution in [0.5, 0.6) is 0 Å². The fraction of sp³-hybridized carbons (Fsp3) is 0.818. The van der Waals surface area contributed by atoms with Crippen LogP contribution in [0.4, 0.5) is 0 Å². The molecule has 0 unspecified atom stereocenters. The Hall–Kier alpha value is -1.19. The van der Waals surface area contributed by atoms with Crippen molar-refractivity contribution in [3.63, 3.8) is 0 Å². The molecule has 0 aromatic carbocycles. The number of ether oxygens (including phenoxy) is 1. The van der Waals surface area contributed by atoms with E-state index in [4.69, 9.17) is 0 Å². The Morgan fingerprint density at radius 1 is 1.15 bits per heavy atom. The van der Waals surface area contributed by atoms with Gasteiger partial charge in [-0.2, -0.15) is 17.0 Å². The number of methoxy groups -OCH3 is 1. The molecule has 0 aliphatic heterocycles. The number of nitrogens with zero attached hydrogens (tertiary/aromatic N) is 3. The maximum atomic E-state index is 12.2. The van der Waals surface area contributed by atoms with E-state index >= 15 is 0 Å². The van der Waals surface area contributed by atoms with Crippen LogP contribution < -0.4 is 0 Å². The third-order valence-electron chi connectivity index (χ3n) is 2.74. The van der Waals surface area contributed by atoms with E-state index in [1.165, 1.54) is 19.1 Å². The SMILES string of the molecule is CCN(CC(=O)N(C)C)S(=O)(=O)N(C)CCC(=O)OC. The molecule has 0 radical (unpaired) electrons. The van der Waals surface area contributed by atoms with Crippen LogP contribution in [0.2, 0.25) is 0 Å². The van der Waals surface area contributed by atoms with E-state index in [-0.39, 0.29) is 32.0 Å². The van der Waals surface area contributed by atoms with Gasteiger partial charge in [0.2, 0.25) is 5.91 Å². The van der Waals surface area contributed by atoms with Gasteiger partial charge in [0.25, 0.3) is 10.2 Å². The number of hydrogen-bond donors (Lipinski definition) is 0. The summed E-state index contributed by atoms with van der Waals surface area (Å²) in [7, 11) is 1.95. The number of likely N-dealkylation sites (N-methyl/N-ethyl adjacent to an activating group) is 2. The second-order valence-electron chi connectivity index (χ2n) is 4.37. The van der Waals surface area contributed by atoms with E-state index in [0.717, 1.165) is 8.61 Å². The zero-order chi connectivity index (χ0) is 15.9. The minimum atomic E-state index is -3.77. The number of carbonyl (C=O) groups is 2. The highest BCUT2D eigenvalue weighted by Gasteiger charge is 2.28. The van der Waals surface area contributed by atoms with Gasteiger partial charge in [0.05, 0.1) is 20.1 Å². The maximum absolute atomic E-state index is 12.2. The smallest absolute Gasteiger partial charge is 0.306 e. The summed E-state index contributed by atoms with van der Waals surface area (Å²) in [6.45, 7) is 1.59. The monoisotopic (exact) mass is 309 g/mol. The summed E-state index contributed by atoms with van der Waals surface area (Å²) in [6.07, 6.45) is -0.0363. The molecule has 0 heterocycles. The van der Waals surface area contributed by atoms with E-state index in [1.807, 2.05) is 0 Å². The molecule has 0 spiro atoms. The lowest BCUT2D eigenvalue weighted by atomic mass is 10.4. The molecule has 0 aliphatic rings. The summed E-state index contributed by atoms with van der Waals surface area (Å²) in [5.41, 5.74) is 0. The van der Waals surface area contributed by atoms with Crippen molar-refractivity contribution < 1.29 is 22.7 Å². The Balaban J connectivity index is 4.80. The van der Waals surface area contributed by atoms with Crippen LogP contribution in [0, 0.1) is 0 Å². The van der Waals surface area contributed by atoms with Crippen LogP contribution in [0.1, 0.15) is 13.3 Å². The van der Waals surface area contributed by atoms with Gasteiger partial charge in [-0.15, -0.1) is 0 Å². The van der Waals surface area contributed by atoms with Crippen molar-refractivity contribution in [3.8, 4) is 0 Å². The fourth-order valence-electron chi connectivity index (χ4n) is 1.31.